The van der Waals surface area contributed by atoms with Gasteiger partial charge >= 0.3 is 0 Å². The minimum Gasteiger partial charge on any atom is -0.505 e. The molecule has 1 N–H and O–H groups in total. The number of aliphatic hydroxyl groups is 1. The number of carbonyl (C=O) groups is 1. The van der Waals surface area contributed by atoms with E-state index in [1.165, 1.54) is 6.08 Å². The van der Waals surface area contributed by atoms with E-state index in [2.05, 4.69) is 0 Å². The lowest BCUT2D eigenvalue weighted by Crippen LogP contribution is -1.84. The maximum atomic E-state index is 10.1. The van der Waals surface area contributed by atoms with Crippen molar-refractivity contribution in [3.63, 3.8) is 0 Å². The zero-order valence-electron chi connectivity index (χ0n) is 6.82. The largest absolute Gasteiger partial charge is 0.505 e. The fourth-order valence-corrected chi connectivity index (χ4v) is 0.942. The topological polar surface area (TPSA) is 37.3 Å². The summed E-state index contributed by atoms with van der Waals surface area (Å²) < 4.78 is 0. The van der Waals surface area contributed by atoms with Crippen molar-refractivity contribution in [3.05, 3.63) is 41.2 Å². The molecule has 1 aromatic carbocycles. The van der Waals surface area contributed by atoms with Gasteiger partial charge in [0.05, 0.1) is 0 Å². The molecule has 12 heavy (non-hydrogen) atoms. The summed E-state index contributed by atoms with van der Waals surface area (Å²) >= 11 is 0. The Hall–Kier alpha value is -1.57. The molecule has 0 bridgehead atoms. The number of rotatable bonds is 2. The lowest BCUT2D eigenvalue weighted by Gasteiger charge is -1.97. The van der Waals surface area contributed by atoms with Gasteiger partial charge in [0.1, 0.15) is 0 Å². The smallest absolute Gasteiger partial charge is 0.184 e. The van der Waals surface area contributed by atoms with Crippen LogP contribution in [0.15, 0.2) is 30.0 Å². The standard InChI is InChI=1S/C10H10O2/c1-8-4-2-3-5-9(8)6-10(12)7-11/h2-7,12H,1H3. The van der Waals surface area contributed by atoms with Gasteiger partial charge in [-0.05, 0) is 24.1 Å². The monoisotopic (exact) mass is 162 g/mol. The van der Waals surface area contributed by atoms with Gasteiger partial charge in [0, 0.05) is 0 Å². The molecule has 0 radical (unpaired) electrons. The predicted molar refractivity (Wildman–Crippen MR) is 47.8 cm³/mol. The Bertz CT molecular complexity index is 313. The predicted octanol–water partition coefficient (Wildman–Crippen LogP) is 2.09. The third-order valence-corrected chi connectivity index (χ3v) is 1.61. The van der Waals surface area contributed by atoms with Crippen LogP contribution in [0.1, 0.15) is 11.1 Å². The van der Waals surface area contributed by atoms with E-state index in [0.29, 0.717) is 6.29 Å². The molecule has 0 saturated heterocycles. The van der Waals surface area contributed by atoms with Gasteiger partial charge in [-0.15, -0.1) is 0 Å². The van der Waals surface area contributed by atoms with E-state index in [1.54, 1.807) is 0 Å². The molecular formula is C10H10O2. The summed E-state index contributed by atoms with van der Waals surface area (Å²) in [4.78, 5) is 10.1. The highest BCUT2D eigenvalue weighted by molar-refractivity contribution is 5.78. The van der Waals surface area contributed by atoms with Gasteiger partial charge in [-0.25, -0.2) is 0 Å². The van der Waals surface area contributed by atoms with Crippen molar-refractivity contribution in [2.24, 2.45) is 0 Å². The van der Waals surface area contributed by atoms with E-state index >= 15 is 0 Å². The SMILES string of the molecule is Cc1ccccc1C=C(O)C=O. The lowest BCUT2D eigenvalue weighted by atomic mass is 10.1. The van der Waals surface area contributed by atoms with Gasteiger partial charge in [-0.3, -0.25) is 4.79 Å². The summed E-state index contributed by atoms with van der Waals surface area (Å²) in [6, 6.07) is 7.53. The first-order valence-corrected chi connectivity index (χ1v) is 3.65. The highest BCUT2D eigenvalue weighted by Gasteiger charge is 1.94. The second-order valence-electron chi connectivity index (χ2n) is 2.54. The minimum absolute atomic E-state index is 0.246. The first kappa shape index (κ1) is 8.53. The van der Waals surface area contributed by atoms with Crippen molar-refractivity contribution in [1.82, 2.24) is 0 Å². The molecule has 0 saturated carbocycles. The fourth-order valence-electron chi connectivity index (χ4n) is 0.942. The Morgan fingerprint density at radius 1 is 1.42 bits per heavy atom. The van der Waals surface area contributed by atoms with E-state index < -0.39 is 0 Å². The number of hydrogen-bond acceptors (Lipinski definition) is 2. The second kappa shape index (κ2) is 3.72. The molecule has 0 unspecified atom stereocenters. The quantitative estimate of drug-likeness (QED) is 0.410. The Morgan fingerprint density at radius 3 is 2.67 bits per heavy atom. The Morgan fingerprint density at radius 2 is 2.08 bits per heavy atom. The van der Waals surface area contributed by atoms with Crippen LogP contribution in [0.3, 0.4) is 0 Å². The first-order chi connectivity index (χ1) is 5.74. The Kier molecular flexibility index (Phi) is 2.64. The molecule has 0 aliphatic rings. The summed E-state index contributed by atoms with van der Waals surface area (Å²) in [6.07, 6.45) is 1.87. The van der Waals surface area contributed by atoms with Gasteiger partial charge < -0.3 is 5.11 Å². The van der Waals surface area contributed by atoms with Crippen molar-refractivity contribution in [2.45, 2.75) is 6.92 Å². The van der Waals surface area contributed by atoms with E-state index in [4.69, 9.17) is 5.11 Å². The van der Waals surface area contributed by atoms with E-state index in [9.17, 15) is 4.79 Å². The fraction of sp³-hybridized carbons (Fsp3) is 0.100. The maximum absolute atomic E-state index is 10.1. The van der Waals surface area contributed by atoms with Gasteiger partial charge in [-0.1, -0.05) is 24.3 Å². The molecule has 62 valence electrons. The minimum atomic E-state index is -0.246. The molecular weight excluding hydrogens is 152 g/mol. The average Bonchev–Trinajstić information content (AvgIpc) is 2.09. The van der Waals surface area contributed by atoms with Crippen molar-refractivity contribution < 1.29 is 9.90 Å². The highest BCUT2D eigenvalue weighted by atomic mass is 16.3. The molecule has 1 rings (SSSR count). The molecule has 0 aliphatic heterocycles. The Labute approximate surface area is 71.2 Å². The zero-order valence-corrected chi connectivity index (χ0v) is 6.82. The maximum Gasteiger partial charge on any atom is 0.184 e. The number of benzene rings is 1. The number of aldehydes is 1. The van der Waals surface area contributed by atoms with Crippen LogP contribution in [-0.2, 0) is 4.79 Å². The molecule has 0 atom stereocenters. The third-order valence-electron chi connectivity index (χ3n) is 1.61. The molecule has 2 heteroatoms. The molecule has 0 fully saturated rings. The van der Waals surface area contributed by atoms with Crippen LogP contribution in [0.25, 0.3) is 6.08 Å². The van der Waals surface area contributed by atoms with E-state index in [0.717, 1.165) is 11.1 Å². The van der Waals surface area contributed by atoms with Crippen molar-refractivity contribution in [2.75, 3.05) is 0 Å². The summed E-state index contributed by atoms with van der Waals surface area (Å²) in [5.74, 6) is -0.246. The average molecular weight is 162 g/mol. The third kappa shape index (κ3) is 1.95. The summed E-state index contributed by atoms with van der Waals surface area (Å²) in [5, 5.41) is 8.93. The lowest BCUT2D eigenvalue weighted by molar-refractivity contribution is -0.106. The van der Waals surface area contributed by atoms with Crippen LogP contribution in [0.5, 0.6) is 0 Å². The van der Waals surface area contributed by atoms with Crippen LogP contribution in [-0.4, -0.2) is 11.4 Å². The Balaban J connectivity index is 3.04. The molecule has 0 heterocycles. The van der Waals surface area contributed by atoms with Crippen molar-refractivity contribution in [1.29, 1.82) is 0 Å². The summed E-state index contributed by atoms with van der Waals surface area (Å²) in [5.41, 5.74) is 1.90. The molecule has 2 nitrogen and oxygen atoms in total. The number of carbonyl (C=O) groups excluding carboxylic acids is 1. The van der Waals surface area contributed by atoms with Crippen LogP contribution in [0.4, 0.5) is 0 Å². The molecule has 0 amide bonds. The highest BCUT2D eigenvalue weighted by Crippen LogP contribution is 2.09. The molecule has 0 aromatic heterocycles. The van der Waals surface area contributed by atoms with Gasteiger partial charge in [0.25, 0.3) is 0 Å². The van der Waals surface area contributed by atoms with Crippen LogP contribution in [0, 0.1) is 6.92 Å². The molecule has 1 aromatic rings. The van der Waals surface area contributed by atoms with Gasteiger partial charge in [0.2, 0.25) is 0 Å². The number of allylic oxidation sites excluding steroid dienone is 1. The summed E-state index contributed by atoms with van der Waals surface area (Å²) in [6.45, 7) is 1.92. The molecule has 0 aliphatic carbocycles. The summed E-state index contributed by atoms with van der Waals surface area (Å²) in [7, 11) is 0. The number of aryl methyl sites for hydroxylation is 1. The van der Waals surface area contributed by atoms with E-state index in [-0.39, 0.29) is 5.76 Å². The first-order valence-electron chi connectivity index (χ1n) is 3.65. The number of aliphatic hydroxyl groups excluding tert-OH is 1. The second-order valence-corrected chi connectivity index (χ2v) is 2.54. The van der Waals surface area contributed by atoms with Crippen LogP contribution >= 0.6 is 0 Å². The zero-order chi connectivity index (χ0) is 8.97. The number of hydrogen-bond donors (Lipinski definition) is 1. The van der Waals surface area contributed by atoms with Gasteiger partial charge in [-0.2, -0.15) is 0 Å². The molecule has 0 spiro atoms. The van der Waals surface area contributed by atoms with E-state index in [1.807, 2.05) is 31.2 Å². The van der Waals surface area contributed by atoms with Crippen molar-refractivity contribution in [3.8, 4) is 0 Å². The van der Waals surface area contributed by atoms with Crippen molar-refractivity contribution >= 4 is 12.4 Å². The normalized spacial score (nSPS) is 11.2. The van der Waals surface area contributed by atoms with Crippen LogP contribution in [0.2, 0.25) is 0 Å². The van der Waals surface area contributed by atoms with Gasteiger partial charge in [0.15, 0.2) is 12.0 Å². The van der Waals surface area contributed by atoms with Crippen LogP contribution < -0.4 is 0 Å².